The maximum Gasteiger partial charge on any atom is 0.255 e. The summed E-state index contributed by atoms with van der Waals surface area (Å²) in [5.74, 6) is -0.0387. The number of carbonyl (C=O) groups excluding carboxylic acids is 1. The Hall–Kier alpha value is -2.00. The molecule has 2 rings (SSSR count). The third-order valence-electron chi connectivity index (χ3n) is 2.90. The summed E-state index contributed by atoms with van der Waals surface area (Å²) < 4.78 is 0. The van der Waals surface area contributed by atoms with Gasteiger partial charge < -0.3 is 10.4 Å². The van der Waals surface area contributed by atoms with Gasteiger partial charge in [-0.3, -0.25) is 4.79 Å². The van der Waals surface area contributed by atoms with Crippen LogP contribution in [0.4, 0.5) is 5.69 Å². The van der Waals surface area contributed by atoms with Crippen LogP contribution in [0, 0.1) is 13.8 Å². The van der Waals surface area contributed by atoms with Gasteiger partial charge in [0, 0.05) is 16.3 Å². The van der Waals surface area contributed by atoms with Crippen molar-refractivity contribution in [3.8, 4) is 5.75 Å². The molecule has 19 heavy (non-hydrogen) atoms. The first-order valence-corrected chi connectivity index (χ1v) is 6.22. The van der Waals surface area contributed by atoms with Crippen LogP contribution < -0.4 is 5.32 Å². The first-order chi connectivity index (χ1) is 8.97. The van der Waals surface area contributed by atoms with Gasteiger partial charge in [0.15, 0.2) is 0 Å². The predicted octanol–water partition coefficient (Wildman–Crippen LogP) is 3.91. The van der Waals surface area contributed by atoms with Gasteiger partial charge in [0.05, 0.1) is 0 Å². The standard InChI is InChI=1S/C15H14ClNO2/c1-9-3-4-11(16)8-13(9)15(19)17-14-6-5-12(18)7-10(14)2/h3-8,18H,1-2H3,(H,17,19). The van der Waals surface area contributed by atoms with Gasteiger partial charge in [-0.05, 0) is 55.3 Å². The molecule has 0 aliphatic heterocycles. The van der Waals surface area contributed by atoms with Crippen molar-refractivity contribution in [3.05, 3.63) is 58.1 Å². The number of amides is 1. The molecular weight excluding hydrogens is 262 g/mol. The van der Waals surface area contributed by atoms with E-state index in [4.69, 9.17) is 11.6 Å². The first-order valence-electron chi connectivity index (χ1n) is 5.84. The summed E-state index contributed by atoms with van der Waals surface area (Å²) in [7, 11) is 0. The molecule has 0 aliphatic rings. The largest absolute Gasteiger partial charge is 0.508 e. The van der Waals surface area contributed by atoms with Crippen molar-refractivity contribution in [1.82, 2.24) is 0 Å². The molecule has 0 saturated heterocycles. The van der Waals surface area contributed by atoms with Crippen molar-refractivity contribution in [1.29, 1.82) is 0 Å². The van der Waals surface area contributed by atoms with Crippen LogP contribution in [0.25, 0.3) is 0 Å². The van der Waals surface area contributed by atoms with E-state index in [-0.39, 0.29) is 11.7 Å². The van der Waals surface area contributed by atoms with Crippen LogP contribution >= 0.6 is 11.6 Å². The van der Waals surface area contributed by atoms with Crippen LogP contribution in [0.3, 0.4) is 0 Å². The van der Waals surface area contributed by atoms with E-state index in [2.05, 4.69) is 5.32 Å². The van der Waals surface area contributed by atoms with Gasteiger partial charge >= 0.3 is 0 Å². The molecule has 0 aliphatic carbocycles. The maximum atomic E-state index is 12.2. The van der Waals surface area contributed by atoms with E-state index >= 15 is 0 Å². The number of aryl methyl sites for hydroxylation is 2. The van der Waals surface area contributed by atoms with E-state index in [0.717, 1.165) is 11.1 Å². The van der Waals surface area contributed by atoms with E-state index in [9.17, 15) is 9.90 Å². The molecule has 4 heteroatoms. The molecule has 2 aromatic carbocycles. The normalized spacial score (nSPS) is 10.3. The molecule has 0 fully saturated rings. The minimum absolute atomic E-state index is 0.175. The van der Waals surface area contributed by atoms with E-state index in [1.807, 2.05) is 13.8 Å². The zero-order chi connectivity index (χ0) is 14.0. The minimum atomic E-state index is -0.214. The molecule has 0 heterocycles. The first kappa shape index (κ1) is 13.4. The number of phenols is 1. The third kappa shape index (κ3) is 3.06. The van der Waals surface area contributed by atoms with E-state index in [0.29, 0.717) is 16.3 Å². The van der Waals surface area contributed by atoms with E-state index in [1.54, 1.807) is 30.3 Å². The van der Waals surface area contributed by atoms with E-state index in [1.165, 1.54) is 6.07 Å². The fraction of sp³-hybridized carbons (Fsp3) is 0.133. The summed E-state index contributed by atoms with van der Waals surface area (Å²) in [6.07, 6.45) is 0. The number of hydrogen-bond donors (Lipinski definition) is 2. The van der Waals surface area contributed by atoms with E-state index < -0.39 is 0 Å². The molecule has 0 aromatic heterocycles. The molecule has 1 amide bonds. The Morgan fingerprint density at radius 3 is 2.53 bits per heavy atom. The molecule has 0 bridgehead atoms. The second kappa shape index (κ2) is 5.33. The lowest BCUT2D eigenvalue weighted by molar-refractivity contribution is 0.102. The number of aromatic hydroxyl groups is 1. The molecule has 0 radical (unpaired) electrons. The molecule has 0 atom stereocenters. The van der Waals surface area contributed by atoms with Crippen LogP contribution in [0.15, 0.2) is 36.4 Å². The number of rotatable bonds is 2. The van der Waals surface area contributed by atoms with Crippen LogP contribution in [-0.2, 0) is 0 Å². The zero-order valence-electron chi connectivity index (χ0n) is 10.7. The summed E-state index contributed by atoms with van der Waals surface area (Å²) in [6.45, 7) is 3.68. The van der Waals surface area contributed by atoms with Crippen molar-refractivity contribution in [3.63, 3.8) is 0 Å². The minimum Gasteiger partial charge on any atom is -0.508 e. The molecule has 98 valence electrons. The predicted molar refractivity (Wildman–Crippen MR) is 77.0 cm³/mol. The fourth-order valence-electron chi connectivity index (χ4n) is 1.82. The van der Waals surface area contributed by atoms with Crippen molar-refractivity contribution < 1.29 is 9.90 Å². The Labute approximate surface area is 116 Å². The Morgan fingerprint density at radius 1 is 1.11 bits per heavy atom. The summed E-state index contributed by atoms with van der Waals surface area (Å²) in [5, 5.41) is 12.7. The molecule has 3 nitrogen and oxygen atoms in total. The van der Waals surface area contributed by atoms with Gasteiger partial charge in [-0.1, -0.05) is 17.7 Å². The lowest BCUT2D eigenvalue weighted by Crippen LogP contribution is -2.14. The molecule has 2 N–H and O–H groups in total. The Balaban J connectivity index is 2.28. The average molecular weight is 276 g/mol. The summed E-state index contributed by atoms with van der Waals surface area (Å²) in [5.41, 5.74) is 2.87. The van der Waals surface area contributed by atoms with Gasteiger partial charge in [-0.15, -0.1) is 0 Å². The summed E-state index contributed by atoms with van der Waals surface area (Å²) in [6, 6.07) is 10.00. The highest BCUT2D eigenvalue weighted by atomic mass is 35.5. The second-order valence-electron chi connectivity index (χ2n) is 4.41. The highest BCUT2D eigenvalue weighted by Gasteiger charge is 2.11. The smallest absolute Gasteiger partial charge is 0.255 e. The summed E-state index contributed by atoms with van der Waals surface area (Å²) in [4.78, 5) is 12.2. The average Bonchev–Trinajstić information content (AvgIpc) is 2.35. The topological polar surface area (TPSA) is 49.3 Å². The van der Waals surface area contributed by atoms with Crippen LogP contribution in [0.5, 0.6) is 5.75 Å². The quantitative estimate of drug-likeness (QED) is 0.816. The van der Waals surface area contributed by atoms with Crippen molar-refractivity contribution in [2.45, 2.75) is 13.8 Å². The van der Waals surface area contributed by atoms with Crippen LogP contribution in [-0.4, -0.2) is 11.0 Å². The van der Waals surface area contributed by atoms with Crippen molar-refractivity contribution >= 4 is 23.2 Å². The number of halogens is 1. The van der Waals surface area contributed by atoms with Crippen molar-refractivity contribution in [2.75, 3.05) is 5.32 Å². The van der Waals surface area contributed by atoms with Gasteiger partial charge in [0.2, 0.25) is 0 Å². The summed E-state index contributed by atoms with van der Waals surface area (Å²) >= 11 is 5.90. The second-order valence-corrected chi connectivity index (χ2v) is 4.85. The van der Waals surface area contributed by atoms with Crippen LogP contribution in [0.2, 0.25) is 5.02 Å². The molecule has 0 unspecified atom stereocenters. The molecule has 0 saturated carbocycles. The van der Waals surface area contributed by atoms with Gasteiger partial charge in [0.25, 0.3) is 5.91 Å². The highest BCUT2D eigenvalue weighted by Crippen LogP contribution is 2.22. The van der Waals surface area contributed by atoms with Gasteiger partial charge in [-0.2, -0.15) is 0 Å². The number of phenolic OH excluding ortho intramolecular Hbond substituents is 1. The Bertz CT molecular complexity index is 638. The Kier molecular flexibility index (Phi) is 3.76. The van der Waals surface area contributed by atoms with Gasteiger partial charge in [0.1, 0.15) is 5.75 Å². The SMILES string of the molecule is Cc1cc(O)ccc1NC(=O)c1cc(Cl)ccc1C. The maximum absolute atomic E-state index is 12.2. The van der Waals surface area contributed by atoms with Gasteiger partial charge in [-0.25, -0.2) is 0 Å². The lowest BCUT2D eigenvalue weighted by Gasteiger charge is -2.10. The monoisotopic (exact) mass is 275 g/mol. The number of hydrogen-bond acceptors (Lipinski definition) is 2. The van der Waals surface area contributed by atoms with Crippen molar-refractivity contribution in [2.24, 2.45) is 0 Å². The number of carbonyl (C=O) groups is 1. The number of benzene rings is 2. The van der Waals surface area contributed by atoms with Crippen LogP contribution in [0.1, 0.15) is 21.5 Å². The lowest BCUT2D eigenvalue weighted by atomic mass is 10.1. The number of anilines is 1. The molecule has 2 aromatic rings. The Morgan fingerprint density at radius 2 is 1.84 bits per heavy atom. The molecular formula is C15H14ClNO2. The fourth-order valence-corrected chi connectivity index (χ4v) is 1.99. The third-order valence-corrected chi connectivity index (χ3v) is 3.14. The zero-order valence-corrected chi connectivity index (χ0v) is 11.5. The number of nitrogens with one attached hydrogen (secondary N) is 1. The highest BCUT2D eigenvalue weighted by molar-refractivity contribution is 6.31. The molecule has 0 spiro atoms.